The van der Waals surface area contributed by atoms with Crippen LogP contribution in [0.2, 0.25) is 0 Å². The third kappa shape index (κ3) is 3.70. The van der Waals surface area contributed by atoms with Crippen molar-refractivity contribution < 1.29 is 4.79 Å². The van der Waals surface area contributed by atoms with Gasteiger partial charge in [0.2, 0.25) is 0 Å². The van der Waals surface area contributed by atoms with E-state index >= 15 is 0 Å². The second-order valence-corrected chi connectivity index (χ2v) is 6.73. The van der Waals surface area contributed by atoms with E-state index in [1.165, 1.54) is 0 Å². The summed E-state index contributed by atoms with van der Waals surface area (Å²) in [6, 6.07) is 0.452. The number of likely N-dealkylation sites (N-methyl/N-ethyl adjacent to an activating group) is 1. The molecule has 0 spiro atoms. The van der Waals surface area contributed by atoms with Crippen molar-refractivity contribution in [1.29, 1.82) is 0 Å². The summed E-state index contributed by atoms with van der Waals surface area (Å²) < 4.78 is 0. The molecule has 1 saturated heterocycles. The van der Waals surface area contributed by atoms with Gasteiger partial charge in [-0.3, -0.25) is 0 Å². The lowest BCUT2D eigenvalue weighted by molar-refractivity contribution is 0.138. The number of nitrogens with one attached hydrogen (secondary N) is 1. The zero-order valence-electron chi connectivity index (χ0n) is 12.7. The second kappa shape index (κ2) is 6.54. The molecule has 0 radical (unpaired) electrons. The number of aromatic nitrogens is 1. The number of hydrogen-bond donors (Lipinski definition) is 1. The van der Waals surface area contributed by atoms with Crippen LogP contribution in [0.4, 0.5) is 4.79 Å². The molecule has 6 heteroatoms. The van der Waals surface area contributed by atoms with Crippen molar-refractivity contribution in [3.8, 4) is 0 Å². The zero-order valence-corrected chi connectivity index (χ0v) is 13.5. The molecular weight excluding hydrogens is 272 g/mol. The number of hydrogen-bond acceptors (Lipinski definition) is 4. The summed E-state index contributed by atoms with van der Waals surface area (Å²) in [7, 11) is 4.15. The number of urea groups is 1. The van der Waals surface area contributed by atoms with Crippen LogP contribution in [0.5, 0.6) is 0 Å². The number of amides is 2. The molecule has 20 heavy (non-hydrogen) atoms. The Morgan fingerprint density at radius 3 is 2.95 bits per heavy atom. The average molecular weight is 296 g/mol. The Morgan fingerprint density at radius 1 is 1.60 bits per heavy atom. The molecule has 1 aromatic heterocycles. The van der Waals surface area contributed by atoms with Gasteiger partial charge in [0.25, 0.3) is 0 Å². The van der Waals surface area contributed by atoms with Crippen molar-refractivity contribution in [1.82, 2.24) is 20.1 Å². The predicted molar refractivity (Wildman–Crippen MR) is 82.1 cm³/mol. The minimum absolute atomic E-state index is 0.0229. The first-order valence-electron chi connectivity index (χ1n) is 7.11. The number of nitrogens with zero attached hydrogens (tertiary/aromatic N) is 3. The number of aryl methyl sites for hydroxylation is 1. The third-order valence-corrected chi connectivity index (χ3v) is 4.63. The molecule has 1 fully saturated rings. The van der Waals surface area contributed by atoms with Gasteiger partial charge in [0.1, 0.15) is 0 Å². The van der Waals surface area contributed by atoms with Crippen LogP contribution < -0.4 is 5.32 Å². The lowest BCUT2D eigenvalue weighted by Gasteiger charge is -2.36. The maximum atomic E-state index is 12.3. The van der Waals surface area contributed by atoms with Crippen LogP contribution in [0, 0.1) is 6.92 Å². The maximum Gasteiger partial charge on any atom is 0.317 e. The van der Waals surface area contributed by atoms with E-state index in [2.05, 4.69) is 29.3 Å². The SMILES string of the molecule is Cc1nc([C@@H](C)NC(=O)N2CCC[C@H](N(C)C)C2)cs1. The van der Waals surface area contributed by atoms with Gasteiger partial charge in [-0.25, -0.2) is 9.78 Å². The molecule has 0 saturated carbocycles. The highest BCUT2D eigenvalue weighted by Gasteiger charge is 2.25. The number of carbonyl (C=O) groups is 1. The lowest BCUT2D eigenvalue weighted by Crippen LogP contribution is -2.51. The molecule has 5 nitrogen and oxygen atoms in total. The van der Waals surface area contributed by atoms with Crippen molar-refractivity contribution in [2.24, 2.45) is 0 Å². The maximum absolute atomic E-state index is 12.3. The van der Waals surface area contributed by atoms with Crippen molar-refractivity contribution in [2.45, 2.75) is 38.8 Å². The first-order valence-corrected chi connectivity index (χ1v) is 7.99. The Labute approximate surface area is 125 Å². The molecular formula is C14H24N4OS. The molecule has 2 heterocycles. The Balaban J connectivity index is 1.91. The molecule has 1 N–H and O–H groups in total. The quantitative estimate of drug-likeness (QED) is 0.930. The molecule has 2 amide bonds. The molecule has 0 bridgehead atoms. The van der Waals surface area contributed by atoms with Gasteiger partial charge in [-0.15, -0.1) is 11.3 Å². The normalized spacial score (nSPS) is 21.1. The van der Waals surface area contributed by atoms with Crippen molar-refractivity contribution in [3.63, 3.8) is 0 Å². The van der Waals surface area contributed by atoms with Gasteiger partial charge >= 0.3 is 6.03 Å². The molecule has 112 valence electrons. The van der Waals surface area contributed by atoms with Crippen molar-refractivity contribution >= 4 is 17.4 Å². The van der Waals surface area contributed by atoms with Gasteiger partial charge in [-0.1, -0.05) is 0 Å². The summed E-state index contributed by atoms with van der Waals surface area (Å²) in [5, 5.41) is 6.10. The number of likely N-dealkylation sites (tertiary alicyclic amines) is 1. The summed E-state index contributed by atoms with van der Waals surface area (Å²) in [5.74, 6) is 0. The van der Waals surface area contributed by atoms with E-state index in [0.717, 1.165) is 36.6 Å². The van der Waals surface area contributed by atoms with Crippen LogP contribution in [-0.4, -0.2) is 54.0 Å². The van der Waals surface area contributed by atoms with Crippen LogP contribution >= 0.6 is 11.3 Å². The second-order valence-electron chi connectivity index (χ2n) is 5.67. The zero-order chi connectivity index (χ0) is 14.7. The van der Waals surface area contributed by atoms with Gasteiger partial charge in [-0.05, 0) is 40.8 Å². The third-order valence-electron chi connectivity index (χ3n) is 3.83. The lowest BCUT2D eigenvalue weighted by atomic mass is 10.1. The summed E-state index contributed by atoms with van der Waals surface area (Å²) in [4.78, 5) is 20.9. The van der Waals surface area contributed by atoms with E-state index in [4.69, 9.17) is 0 Å². The number of thiazole rings is 1. The van der Waals surface area contributed by atoms with Gasteiger partial charge in [0.15, 0.2) is 0 Å². The van der Waals surface area contributed by atoms with Crippen LogP contribution in [0.25, 0.3) is 0 Å². The fraction of sp³-hybridized carbons (Fsp3) is 0.714. The van der Waals surface area contributed by atoms with Crippen LogP contribution in [0.3, 0.4) is 0 Å². The predicted octanol–water partition coefficient (Wildman–Crippen LogP) is 2.25. The molecule has 1 aliphatic rings. The van der Waals surface area contributed by atoms with Gasteiger partial charge in [0.05, 0.1) is 16.7 Å². The summed E-state index contributed by atoms with van der Waals surface area (Å²) in [6.07, 6.45) is 2.23. The Hall–Kier alpha value is -1.14. The number of rotatable bonds is 3. The minimum atomic E-state index is -0.0350. The van der Waals surface area contributed by atoms with Crippen molar-refractivity contribution in [2.75, 3.05) is 27.2 Å². The van der Waals surface area contributed by atoms with Gasteiger partial charge in [0, 0.05) is 24.5 Å². The summed E-state index contributed by atoms with van der Waals surface area (Å²) in [6.45, 7) is 5.62. The van der Waals surface area contributed by atoms with Crippen LogP contribution in [-0.2, 0) is 0 Å². The molecule has 2 rings (SSSR count). The molecule has 2 atom stereocenters. The number of piperidine rings is 1. The standard InChI is InChI=1S/C14H24N4OS/c1-10(13-9-20-11(2)16-13)15-14(19)18-7-5-6-12(8-18)17(3)4/h9-10,12H,5-8H2,1-4H3,(H,15,19)/t10-,12+/m1/s1. The van der Waals surface area contributed by atoms with Crippen LogP contribution in [0.15, 0.2) is 5.38 Å². The fourth-order valence-corrected chi connectivity index (χ4v) is 3.20. The van der Waals surface area contributed by atoms with E-state index in [9.17, 15) is 4.79 Å². The van der Waals surface area contributed by atoms with Crippen molar-refractivity contribution in [3.05, 3.63) is 16.1 Å². The molecule has 0 unspecified atom stereocenters. The summed E-state index contributed by atoms with van der Waals surface area (Å²) >= 11 is 1.62. The van der Waals surface area contributed by atoms with E-state index in [-0.39, 0.29) is 12.1 Å². The molecule has 0 aliphatic carbocycles. The topological polar surface area (TPSA) is 48.5 Å². The van der Waals surface area contributed by atoms with E-state index < -0.39 is 0 Å². The first kappa shape index (κ1) is 15.3. The van der Waals surface area contributed by atoms with E-state index in [1.54, 1.807) is 11.3 Å². The van der Waals surface area contributed by atoms with E-state index in [1.807, 2.05) is 24.1 Å². The Bertz CT molecular complexity index is 460. The molecule has 1 aliphatic heterocycles. The van der Waals surface area contributed by atoms with Gasteiger partial charge < -0.3 is 15.1 Å². The summed E-state index contributed by atoms with van der Waals surface area (Å²) in [5.41, 5.74) is 0.946. The highest BCUT2D eigenvalue weighted by atomic mass is 32.1. The highest BCUT2D eigenvalue weighted by Crippen LogP contribution is 2.18. The van der Waals surface area contributed by atoms with Gasteiger partial charge in [-0.2, -0.15) is 0 Å². The minimum Gasteiger partial charge on any atom is -0.330 e. The Morgan fingerprint density at radius 2 is 2.35 bits per heavy atom. The Kier molecular flexibility index (Phi) is 4.99. The highest BCUT2D eigenvalue weighted by molar-refractivity contribution is 7.09. The first-order chi connectivity index (χ1) is 9.47. The molecule has 1 aromatic rings. The monoisotopic (exact) mass is 296 g/mol. The largest absolute Gasteiger partial charge is 0.330 e. The van der Waals surface area contributed by atoms with E-state index in [0.29, 0.717) is 6.04 Å². The van der Waals surface area contributed by atoms with Crippen LogP contribution in [0.1, 0.15) is 36.5 Å². The smallest absolute Gasteiger partial charge is 0.317 e. The molecule has 0 aromatic carbocycles. The fourth-order valence-electron chi connectivity index (χ4n) is 2.49. The average Bonchev–Trinajstić information content (AvgIpc) is 2.85. The number of carbonyl (C=O) groups excluding carboxylic acids is 1.